The molecular weight excluding hydrogens is 144 g/mol. The molecule has 0 heterocycles. The van der Waals surface area contributed by atoms with Crippen LogP contribution in [0, 0.1) is 6.42 Å². The lowest BCUT2D eigenvalue weighted by molar-refractivity contribution is 0.512. The fraction of sp³-hybridized carbons (Fsp3) is 0.417. The minimum absolute atomic E-state index is 0.799. The molecule has 1 fully saturated rings. The molecule has 0 aliphatic heterocycles. The molecule has 0 aromatic heterocycles. The molecule has 1 aliphatic rings. The molecule has 1 aromatic carbocycles. The zero-order valence-corrected chi connectivity index (χ0v) is 7.29. The molecule has 0 atom stereocenters. The van der Waals surface area contributed by atoms with E-state index in [9.17, 15) is 0 Å². The topological polar surface area (TPSA) is 0 Å². The number of hydrogen-bond donors (Lipinski definition) is 0. The second-order valence-electron chi connectivity index (χ2n) is 3.43. The third-order valence-corrected chi connectivity index (χ3v) is 2.61. The van der Waals surface area contributed by atoms with Gasteiger partial charge in [0.25, 0.3) is 0 Å². The predicted octanol–water partition coefficient (Wildman–Crippen LogP) is 3.43. The summed E-state index contributed by atoms with van der Waals surface area (Å²) in [6, 6.07) is 10.9. The van der Waals surface area contributed by atoms with Crippen molar-refractivity contribution in [2.45, 2.75) is 31.6 Å². The Hall–Kier alpha value is -0.780. The van der Waals surface area contributed by atoms with Gasteiger partial charge in [0.1, 0.15) is 0 Å². The summed E-state index contributed by atoms with van der Waals surface area (Å²) >= 11 is 0. The Morgan fingerprint density at radius 1 is 1.00 bits per heavy atom. The number of hydrogen-bond acceptors (Lipinski definition) is 0. The maximum Gasteiger partial charge on any atom is -0.0162 e. The Morgan fingerprint density at radius 2 is 1.67 bits per heavy atom. The lowest BCUT2D eigenvalue weighted by Gasteiger charge is -2.21. The van der Waals surface area contributed by atoms with Gasteiger partial charge >= 0.3 is 0 Å². The maximum atomic E-state index is 3.38. The standard InChI is InChI=1S/C12H14/c1-3-7-11(8-4-1)12-9-5-2-6-10-12/h1,3-4,7-8,12H,5-6,9-10H2. The first kappa shape index (κ1) is 7.85. The molecule has 0 spiro atoms. The van der Waals surface area contributed by atoms with E-state index in [1.165, 1.54) is 31.2 Å². The van der Waals surface area contributed by atoms with Crippen LogP contribution in [0.5, 0.6) is 0 Å². The first-order valence-electron chi connectivity index (χ1n) is 4.72. The van der Waals surface area contributed by atoms with Gasteiger partial charge in [0.2, 0.25) is 0 Å². The van der Waals surface area contributed by atoms with Crippen molar-refractivity contribution in [2.24, 2.45) is 0 Å². The third-order valence-electron chi connectivity index (χ3n) is 2.61. The van der Waals surface area contributed by atoms with Crippen LogP contribution in [0.1, 0.15) is 37.2 Å². The van der Waals surface area contributed by atoms with Gasteiger partial charge in [-0.1, -0.05) is 30.3 Å². The van der Waals surface area contributed by atoms with E-state index in [0.29, 0.717) is 0 Å². The van der Waals surface area contributed by atoms with Crippen LogP contribution in [0.25, 0.3) is 0 Å². The van der Waals surface area contributed by atoms with Crippen molar-refractivity contribution in [1.82, 2.24) is 0 Å². The van der Waals surface area contributed by atoms with Gasteiger partial charge in [0, 0.05) is 0 Å². The zero-order chi connectivity index (χ0) is 8.23. The Kier molecular flexibility index (Phi) is 2.45. The summed E-state index contributed by atoms with van der Waals surface area (Å²) < 4.78 is 0. The van der Waals surface area contributed by atoms with Crippen molar-refractivity contribution in [3.05, 3.63) is 42.3 Å². The summed E-state index contributed by atoms with van der Waals surface area (Å²) in [5.41, 5.74) is 1.51. The van der Waals surface area contributed by atoms with E-state index in [2.05, 4.69) is 36.8 Å². The van der Waals surface area contributed by atoms with Crippen LogP contribution in [0.4, 0.5) is 0 Å². The zero-order valence-electron chi connectivity index (χ0n) is 7.29. The maximum absolute atomic E-state index is 3.38. The second-order valence-corrected chi connectivity index (χ2v) is 3.43. The van der Waals surface area contributed by atoms with Gasteiger partial charge in [-0.2, -0.15) is 0 Å². The van der Waals surface area contributed by atoms with Crippen molar-refractivity contribution in [3.63, 3.8) is 0 Å². The Morgan fingerprint density at radius 3 is 2.33 bits per heavy atom. The summed E-state index contributed by atoms with van der Waals surface area (Å²) in [7, 11) is 0. The van der Waals surface area contributed by atoms with Gasteiger partial charge in [0.05, 0.1) is 0 Å². The highest BCUT2D eigenvalue weighted by Gasteiger charge is 2.14. The summed E-state index contributed by atoms with van der Waals surface area (Å²) in [4.78, 5) is 0. The molecule has 2 radical (unpaired) electrons. The van der Waals surface area contributed by atoms with Gasteiger partial charge in [-0.3, -0.25) is 0 Å². The molecule has 0 nitrogen and oxygen atoms in total. The van der Waals surface area contributed by atoms with Crippen molar-refractivity contribution in [2.75, 3.05) is 0 Å². The first-order valence-corrected chi connectivity index (χ1v) is 4.72. The summed E-state index contributed by atoms with van der Waals surface area (Å²) in [6.45, 7) is 0. The SMILES string of the molecule is [C]1CCC(c2ccccc2)CC1. The van der Waals surface area contributed by atoms with Gasteiger partial charge in [0.15, 0.2) is 0 Å². The molecule has 0 saturated heterocycles. The smallest absolute Gasteiger partial charge is 0.0162 e. The molecule has 1 aromatic rings. The van der Waals surface area contributed by atoms with Gasteiger partial charge in [-0.25, -0.2) is 0 Å². The molecule has 12 heavy (non-hydrogen) atoms. The number of benzene rings is 1. The molecule has 0 unspecified atom stereocenters. The van der Waals surface area contributed by atoms with Crippen LogP contribution in [0.3, 0.4) is 0 Å². The molecule has 1 saturated carbocycles. The summed E-state index contributed by atoms with van der Waals surface area (Å²) in [5.74, 6) is 0.799. The average Bonchev–Trinajstić information content (AvgIpc) is 2.21. The monoisotopic (exact) mass is 158 g/mol. The fourth-order valence-electron chi connectivity index (χ4n) is 1.88. The quantitative estimate of drug-likeness (QED) is 0.587. The fourth-order valence-corrected chi connectivity index (χ4v) is 1.88. The molecule has 2 rings (SSSR count). The highest BCUT2D eigenvalue weighted by molar-refractivity contribution is 5.20. The second kappa shape index (κ2) is 3.75. The predicted molar refractivity (Wildman–Crippen MR) is 50.9 cm³/mol. The highest BCUT2D eigenvalue weighted by atomic mass is 14.2. The van der Waals surface area contributed by atoms with Crippen LogP contribution in [0.15, 0.2) is 30.3 Å². The van der Waals surface area contributed by atoms with E-state index >= 15 is 0 Å². The Balaban J connectivity index is 2.08. The van der Waals surface area contributed by atoms with Crippen LogP contribution >= 0.6 is 0 Å². The minimum atomic E-state index is 0.799. The van der Waals surface area contributed by atoms with E-state index in [1.54, 1.807) is 0 Å². The van der Waals surface area contributed by atoms with Gasteiger partial charge in [-0.15, -0.1) is 0 Å². The molecule has 62 valence electrons. The van der Waals surface area contributed by atoms with Crippen LogP contribution in [-0.2, 0) is 0 Å². The van der Waals surface area contributed by atoms with E-state index in [4.69, 9.17) is 0 Å². The Bertz CT molecular complexity index is 219. The van der Waals surface area contributed by atoms with Gasteiger partial charge in [-0.05, 0) is 43.6 Å². The van der Waals surface area contributed by atoms with Crippen molar-refractivity contribution in [1.29, 1.82) is 0 Å². The van der Waals surface area contributed by atoms with Crippen LogP contribution < -0.4 is 0 Å². The molecule has 1 aliphatic carbocycles. The molecule has 0 heteroatoms. The van der Waals surface area contributed by atoms with E-state index < -0.39 is 0 Å². The third kappa shape index (κ3) is 1.69. The largest absolute Gasteiger partial charge is 0.0622 e. The van der Waals surface area contributed by atoms with Crippen LogP contribution in [-0.4, -0.2) is 0 Å². The normalized spacial score (nSPS) is 19.3. The van der Waals surface area contributed by atoms with E-state index in [0.717, 1.165) is 5.92 Å². The van der Waals surface area contributed by atoms with Crippen molar-refractivity contribution < 1.29 is 0 Å². The first-order chi connectivity index (χ1) is 5.97. The lowest BCUT2D eigenvalue weighted by atomic mass is 9.84. The average molecular weight is 158 g/mol. The molecular formula is C12H14. The lowest BCUT2D eigenvalue weighted by Crippen LogP contribution is -2.04. The van der Waals surface area contributed by atoms with Crippen molar-refractivity contribution in [3.8, 4) is 0 Å². The van der Waals surface area contributed by atoms with Crippen LogP contribution in [0.2, 0.25) is 0 Å². The minimum Gasteiger partial charge on any atom is -0.0622 e. The summed E-state index contributed by atoms with van der Waals surface area (Å²) in [6.07, 6.45) is 8.34. The van der Waals surface area contributed by atoms with E-state index in [1.807, 2.05) is 0 Å². The number of rotatable bonds is 1. The van der Waals surface area contributed by atoms with Crippen molar-refractivity contribution >= 4 is 0 Å². The molecule has 0 N–H and O–H groups in total. The molecule has 0 bridgehead atoms. The van der Waals surface area contributed by atoms with Gasteiger partial charge < -0.3 is 0 Å². The summed E-state index contributed by atoms with van der Waals surface area (Å²) in [5, 5.41) is 0. The van der Waals surface area contributed by atoms with E-state index in [-0.39, 0.29) is 0 Å². The Labute approximate surface area is 74.6 Å². The molecule has 0 amide bonds. The highest BCUT2D eigenvalue weighted by Crippen LogP contribution is 2.31.